The largest absolute Gasteiger partial charge is 0.461 e. The summed E-state index contributed by atoms with van der Waals surface area (Å²) in [4.78, 5) is 14.0. The molecule has 1 aliphatic heterocycles. The van der Waals surface area contributed by atoms with Gasteiger partial charge in [0.2, 0.25) is 0 Å². The average molecular weight is 335 g/mol. The normalized spacial score (nSPS) is 16.5. The lowest BCUT2D eigenvalue weighted by Crippen LogP contribution is -2.38. The summed E-state index contributed by atoms with van der Waals surface area (Å²) in [5.74, 6) is -0.531. The number of rotatable bonds is 5. The molecule has 0 atom stereocenters. The molecule has 0 spiro atoms. The van der Waals surface area contributed by atoms with Crippen molar-refractivity contribution in [3.05, 3.63) is 29.8 Å². The third-order valence-electron chi connectivity index (χ3n) is 3.07. The molecule has 1 fully saturated rings. The van der Waals surface area contributed by atoms with Crippen LogP contribution in [0.25, 0.3) is 0 Å². The van der Waals surface area contributed by atoms with E-state index in [1.165, 1.54) is 24.3 Å². The third-order valence-corrected chi connectivity index (χ3v) is 3.81. The van der Waals surface area contributed by atoms with Crippen LogP contribution in [0.3, 0.4) is 0 Å². The summed E-state index contributed by atoms with van der Waals surface area (Å²) in [6, 6.07) is 5.20. The van der Waals surface area contributed by atoms with Crippen LogP contribution < -0.4 is 0 Å². The maximum absolute atomic E-state index is 12.2. The highest BCUT2D eigenvalue weighted by Gasteiger charge is 2.29. The van der Waals surface area contributed by atoms with Gasteiger partial charge in [-0.3, -0.25) is 4.90 Å². The van der Waals surface area contributed by atoms with Crippen LogP contribution in [-0.4, -0.2) is 55.8 Å². The molecule has 0 aromatic heterocycles. The van der Waals surface area contributed by atoms with Crippen LogP contribution in [0.15, 0.2) is 29.2 Å². The lowest BCUT2D eigenvalue weighted by atomic mass is 10.2. The predicted octanol–water partition coefficient (Wildman–Crippen LogP) is 2.79. The Labute approximate surface area is 130 Å². The zero-order valence-electron chi connectivity index (χ0n) is 11.8. The smallest absolute Gasteiger partial charge is 0.446 e. The SMILES string of the molecule is O=C(OCCN1CCOCC1)c1ccc(SC(F)(F)F)cc1. The van der Waals surface area contributed by atoms with Gasteiger partial charge in [0.15, 0.2) is 0 Å². The van der Waals surface area contributed by atoms with Crippen LogP contribution in [0.4, 0.5) is 13.2 Å². The van der Waals surface area contributed by atoms with E-state index in [9.17, 15) is 18.0 Å². The number of carbonyl (C=O) groups is 1. The fraction of sp³-hybridized carbons (Fsp3) is 0.500. The first-order valence-electron chi connectivity index (χ1n) is 6.77. The molecule has 122 valence electrons. The van der Waals surface area contributed by atoms with E-state index in [1.54, 1.807) is 0 Å². The van der Waals surface area contributed by atoms with E-state index in [4.69, 9.17) is 9.47 Å². The molecule has 8 heteroatoms. The van der Waals surface area contributed by atoms with E-state index in [-0.39, 0.29) is 28.8 Å². The summed E-state index contributed by atoms with van der Waals surface area (Å²) in [6.07, 6.45) is 0. The number of nitrogens with zero attached hydrogens (tertiary/aromatic N) is 1. The molecule has 0 amide bonds. The first kappa shape index (κ1) is 17.1. The Balaban J connectivity index is 1.77. The van der Waals surface area contributed by atoms with E-state index < -0.39 is 11.5 Å². The van der Waals surface area contributed by atoms with Gasteiger partial charge in [0.1, 0.15) is 6.61 Å². The van der Waals surface area contributed by atoms with Crippen molar-refractivity contribution in [1.29, 1.82) is 0 Å². The van der Waals surface area contributed by atoms with E-state index in [2.05, 4.69) is 4.90 Å². The summed E-state index contributed by atoms with van der Waals surface area (Å²) < 4.78 is 46.9. The summed E-state index contributed by atoms with van der Waals surface area (Å²) in [5, 5.41) is 0. The third kappa shape index (κ3) is 5.86. The van der Waals surface area contributed by atoms with Crippen LogP contribution in [0.1, 0.15) is 10.4 Å². The summed E-state index contributed by atoms with van der Waals surface area (Å²) in [6.45, 7) is 3.83. The van der Waals surface area contributed by atoms with Gasteiger partial charge in [-0.1, -0.05) is 0 Å². The fourth-order valence-corrected chi connectivity index (χ4v) is 2.51. The van der Waals surface area contributed by atoms with Crippen molar-refractivity contribution in [3.8, 4) is 0 Å². The Morgan fingerprint density at radius 2 is 1.86 bits per heavy atom. The second-order valence-electron chi connectivity index (χ2n) is 4.66. The number of hydrogen-bond donors (Lipinski definition) is 0. The Morgan fingerprint density at radius 3 is 2.45 bits per heavy atom. The van der Waals surface area contributed by atoms with E-state index in [0.29, 0.717) is 19.8 Å². The number of carbonyl (C=O) groups excluding carboxylic acids is 1. The molecular formula is C14H16F3NO3S. The highest BCUT2D eigenvalue weighted by atomic mass is 32.2. The topological polar surface area (TPSA) is 38.8 Å². The number of ether oxygens (including phenoxy) is 2. The zero-order chi connectivity index (χ0) is 16.0. The number of alkyl halides is 3. The van der Waals surface area contributed by atoms with Gasteiger partial charge < -0.3 is 9.47 Å². The van der Waals surface area contributed by atoms with E-state index in [0.717, 1.165) is 13.1 Å². The van der Waals surface area contributed by atoms with Crippen molar-refractivity contribution in [2.75, 3.05) is 39.5 Å². The highest BCUT2D eigenvalue weighted by molar-refractivity contribution is 8.00. The Morgan fingerprint density at radius 1 is 1.23 bits per heavy atom. The van der Waals surface area contributed by atoms with Gasteiger partial charge in [-0.2, -0.15) is 13.2 Å². The van der Waals surface area contributed by atoms with Gasteiger partial charge in [-0.05, 0) is 36.0 Å². The van der Waals surface area contributed by atoms with Crippen molar-refractivity contribution in [2.45, 2.75) is 10.4 Å². The highest BCUT2D eigenvalue weighted by Crippen LogP contribution is 2.36. The van der Waals surface area contributed by atoms with Gasteiger partial charge in [0.05, 0.1) is 18.8 Å². The number of esters is 1. The lowest BCUT2D eigenvalue weighted by molar-refractivity contribution is -0.0328. The number of hydrogen-bond acceptors (Lipinski definition) is 5. The molecule has 1 aromatic carbocycles. The molecule has 1 aliphatic rings. The molecule has 0 saturated carbocycles. The quantitative estimate of drug-likeness (QED) is 0.611. The van der Waals surface area contributed by atoms with Crippen LogP contribution >= 0.6 is 11.8 Å². The van der Waals surface area contributed by atoms with E-state index >= 15 is 0 Å². The van der Waals surface area contributed by atoms with Gasteiger partial charge in [0.25, 0.3) is 0 Å². The molecule has 4 nitrogen and oxygen atoms in total. The molecule has 0 unspecified atom stereocenters. The molecule has 0 radical (unpaired) electrons. The first-order chi connectivity index (χ1) is 10.4. The molecule has 22 heavy (non-hydrogen) atoms. The molecule has 1 aromatic rings. The number of morpholine rings is 1. The summed E-state index contributed by atoms with van der Waals surface area (Å²) in [5.41, 5.74) is -4.09. The van der Waals surface area contributed by atoms with Crippen LogP contribution in [0.5, 0.6) is 0 Å². The molecule has 2 rings (SSSR count). The minimum absolute atomic E-state index is 0.0392. The Kier molecular flexibility index (Phi) is 6.10. The lowest BCUT2D eigenvalue weighted by Gasteiger charge is -2.26. The molecule has 1 saturated heterocycles. The van der Waals surface area contributed by atoms with E-state index in [1.807, 2.05) is 0 Å². The van der Waals surface area contributed by atoms with Crippen molar-refractivity contribution in [1.82, 2.24) is 4.90 Å². The van der Waals surface area contributed by atoms with Crippen LogP contribution in [-0.2, 0) is 9.47 Å². The second kappa shape index (κ2) is 7.85. The van der Waals surface area contributed by atoms with Crippen molar-refractivity contribution in [2.24, 2.45) is 0 Å². The van der Waals surface area contributed by atoms with Crippen molar-refractivity contribution in [3.63, 3.8) is 0 Å². The van der Waals surface area contributed by atoms with Crippen molar-refractivity contribution < 1.29 is 27.4 Å². The standard InChI is InChI=1S/C14H16F3NO3S/c15-14(16,17)22-12-3-1-11(2-4-12)13(19)21-10-7-18-5-8-20-9-6-18/h1-4H,5-10H2. The van der Waals surface area contributed by atoms with Gasteiger partial charge in [-0.25, -0.2) is 4.79 Å². The molecular weight excluding hydrogens is 319 g/mol. The molecule has 0 bridgehead atoms. The average Bonchev–Trinajstić information content (AvgIpc) is 2.47. The first-order valence-corrected chi connectivity index (χ1v) is 7.59. The number of benzene rings is 1. The van der Waals surface area contributed by atoms with Crippen LogP contribution in [0, 0.1) is 0 Å². The molecule has 1 heterocycles. The molecule has 0 aliphatic carbocycles. The zero-order valence-corrected chi connectivity index (χ0v) is 12.6. The minimum atomic E-state index is -4.33. The monoisotopic (exact) mass is 335 g/mol. The Bertz CT molecular complexity index is 487. The number of thioether (sulfide) groups is 1. The van der Waals surface area contributed by atoms with Gasteiger partial charge in [0, 0.05) is 24.5 Å². The second-order valence-corrected chi connectivity index (χ2v) is 5.80. The minimum Gasteiger partial charge on any atom is -0.461 e. The van der Waals surface area contributed by atoms with Gasteiger partial charge in [-0.15, -0.1) is 0 Å². The van der Waals surface area contributed by atoms with Gasteiger partial charge >= 0.3 is 11.5 Å². The predicted molar refractivity (Wildman–Crippen MR) is 75.9 cm³/mol. The summed E-state index contributed by atoms with van der Waals surface area (Å²) >= 11 is -0.213. The number of halogens is 3. The maximum atomic E-state index is 12.2. The summed E-state index contributed by atoms with van der Waals surface area (Å²) in [7, 11) is 0. The fourth-order valence-electron chi connectivity index (χ4n) is 1.97. The Hall–Kier alpha value is -1.25. The van der Waals surface area contributed by atoms with Crippen molar-refractivity contribution >= 4 is 17.7 Å². The molecule has 0 N–H and O–H groups in total. The van der Waals surface area contributed by atoms with Crippen LogP contribution in [0.2, 0.25) is 0 Å². The maximum Gasteiger partial charge on any atom is 0.446 e.